The number of hydrogen-bond acceptors (Lipinski definition) is 4. The fourth-order valence-electron chi connectivity index (χ4n) is 2.71. The van der Waals surface area contributed by atoms with Gasteiger partial charge in [0.05, 0.1) is 23.4 Å². The molecule has 110 valence electrons. The van der Waals surface area contributed by atoms with Gasteiger partial charge in [0.15, 0.2) is 0 Å². The van der Waals surface area contributed by atoms with Gasteiger partial charge in [-0.1, -0.05) is 25.1 Å². The summed E-state index contributed by atoms with van der Waals surface area (Å²) < 4.78 is 7.53. The number of rotatable bonds is 7. The van der Waals surface area contributed by atoms with Gasteiger partial charge in [0.25, 0.3) is 0 Å². The lowest BCUT2D eigenvalue weighted by Gasteiger charge is -2.23. The van der Waals surface area contributed by atoms with Crippen LogP contribution in [0.25, 0.3) is 10.9 Å². The number of fused-ring (bicyclic) bond motifs is 1. The summed E-state index contributed by atoms with van der Waals surface area (Å²) in [7, 11) is 1.72. The monoisotopic (exact) mass is 276 g/mol. The van der Waals surface area contributed by atoms with Crippen molar-refractivity contribution < 1.29 is 4.74 Å². The summed E-state index contributed by atoms with van der Waals surface area (Å²) >= 11 is 0. The summed E-state index contributed by atoms with van der Waals surface area (Å²) in [5.74, 6) is 5.69. The molecular formula is C15H24N4O. The van der Waals surface area contributed by atoms with Crippen molar-refractivity contribution >= 4 is 10.9 Å². The Labute approximate surface area is 120 Å². The molecule has 0 radical (unpaired) electrons. The number of nitrogens with two attached hydrogens (primary N) is 1. The van der Waals surface area contributed by atoms with Crippen molar-refractivity contribution in [3.8, 4) is 0 Å². The average molecular weight is 276 g/mol. The van der Waals surface area contributed by atoms with Gasteiger partial charge in [-0.05, 0) is 19.4 Å². The summed E-state index contributed by atoms with van der Waals surface area (Å²) in [5.41, 5.74) is 5.11. The first kappa shape index (κ1) is 15.0. The fraction of sp³-hybridized carbons (Fsp3) is 0.533. The third kappa shape index (κ3) is 2.85. The number of methoxy groups -OCH3 is 1. The largest absolute Gasteiger partial charge is 0.380 e. The molecule has 0 spiro atoms. The molecule has 5 nitrogen and oxygen atoms in total. The summed E-state index contributed by atoms with van der Waals surface area (Å²) in [6.07, 6.45) is 1.76. The molecule has 1 heterocycles. The Bertz CT molecular complexity index is 548. The molecular weight excluding hydrogens is 252 g/mol. The van der Waals surface area contributed by atoms with E-state index < -0.39 is 0 Å². The van der Waals surface area contributed by atoms with Gasteiger partial charge in [-0.15, -0.1) is 0 Å². The maximum atomic E-state index is 5.69. The Morgan fingerprint density at radius 3 is 2.70 bits per heavy atom. The number of benzene rings is 1. The third-order valence-electron chi connectivity index (χ3n) is 3.82. The van der Waals surface area contributed by atoms with Crippen LogP contribution in [0.15, 0.2) is 24.3 Å². The fourth-order valence-corrected chi connectivity index (χ4v) is 2.71. The van der Waals surface area contributed by atoms with Crippen molar-refractivity contribution in [3.05, 3.63) is 30.0 Å². The minimum atomic E-state index is 0.0635. The summed E-state index contributed by atoms with van der Waals surface area (Å²) in [6, 6.07) is 8.38. The molecule has 0 fully saturated rings. The standard InChI is InChI=1S/C15H24N4O/c1-4-15(20-3)13(17-16)10-12-11-8-6-7-9-14(11)19(5-2)18-12/h6-9,13,15,17H,4-5,10,16H2,1-3H3. The highest BCUT2D eigenvalue weighted by molar-refractivity contribution is 5.82. The first-order valence-corrected chi connectivity index (χ1v) is 7.18. The molecule has 0 aliphatic carbocycles. The lowest BCUT2D eigenvalue weighted by Crippen LogP contribution is -2.46. The second-order valence-electron chi connectivity index (χ2n) is 4.94. The van der Waals surface area contributed by atoms with E-state index in [-0.39, 0.29) is 12.1 Å². The topological polar surface area (TPSA) is 65.1 Å². The van der Waals surface area contributed by atoms with Crippen LogP contribution in [0.4, 0.5) is 0 Å². The number of ether oxygens (including phenoxy) is 1. The number of hydrazine groups is 1. The van der Waals surface area contributed by atoms with Gasteiger partial charge in [-0.2, -0.15) is 5.10 Å². The van der Waals surface area contributed by atoms with Crippen molar-refractivity contribution in [2.75, 3.05) is 7.11 Å². The normalized spacial score (nSPS) is 14.6. The predicted molar refractivity (Wildman–Crippen MR) is 81.3 cm³/mol. The van der Waals surface area contributed by atoms with E-state index in [1.165, 1.54) is 10.9 Å². The van der Waals surface area contributed by atoms with Crippen LogP contribution >= 0.6 is 0 Å². The highest BCUT2D eigenvalue weighted by Crippen LogP contribution is 2.21. The highest BCUT2D eigenvalue weighted by Gasteiger charge is 2.21. The molecule has 5 heteroatoms. The van der Waals surface area contributed by atoms with Crippen molar-refractivity contribution in [1.29, 1.82) is 0 Å². The van der Waals surface area contributed by atoms with Crippen LogP contribution in [0, 0.1) is 0 Å². The van der Waals surface area contributed by atoms with E-state index in [2.05, 4.69) is 31.4 Å². The molecule has 0 amide bonds. The molecule has 0 saturated heterocycles. The van der Waals surface area contributed by atoms with E-state index in [1.54, 1.807) is 7.11 Å². The van der Waals surface area contributed by atoms with Crippen LogP contribution in [0.5, 0.6) is 0 Å². The number of aromatic nitrogens is 2. The minimum Gasteiger partial charge on any atom is -0.380 e. The van der Waals surface area contributed by atoms with Crippen molar-refractivity contribution in [2.45, 2.75) is 45.4 Å². The van der Waals surface area contributed by atoms with Crippen molar-refractivity contribution in [1.82, 2.24) is 15.2 Å². The quantitative estimate of drug-likeness (QED) is 0.598. The van der Waals surface area contributed by atoms with E-state index in [0.717, 1.165) is 25.1 Å². The molecule has 0 aliphatic rings. The molecule has 1 aromatic heterocycles. The second kappa shape index (κ2) is 6.83. The first-order valence-electron chi connectivity index (χ1n) is 7.18. The lowest BCUT2D eigenvalue weighted by atomic mass is 10.0. The molecule has 1 aromatic carbocycles. The molecule has 0 aliphatic heterocycles. The molecule has 20 heavy (non-hydrogen) atoms. The number of para-hydroxylation sites is 1. The predicted octanol–water partition coefficient (Wildman–Crippen LogP) is 1.86. The van der Waals surface area contributed by atoms with Gasteiger partial charge >= 0.3 is 0 Å². The van der Waals surface area contributed by atoms with E-state index in [4.69, 9.17) is 15.7 Å². The maximum absolute atomic E-state index is 5.69. The van der Waals surface area contributed by atoms with E-state index in [0.29, 0.717) is 0 Å². The molecule has 2 aromatic rings. The van der Waals surface area contributed by atoms with E-state index >= 15 is 0 Å². The van der Waals surface area contributed by atoms with Gasteiger partial charge < -0.3 is 4.74 Å². The van der Waals surface area contributed by atoms with Crippen LogP contribution in [-0.2, 0) is 17.7 Å². The van der Waals surface area contributed by atoms with Gasteiger partial charge in [-0.3, -0.25) is 16.0 Å². The second-order valence-corrected chi connectivity index (χ2v) is 4.94. The number of nitrogens with zero attached hydrogens (tertiary/aromatic N) is 2. The lowest BCUT2D eigenvalue weighted by molar-refractivity contribution is 0.0651. The van der Waals surface area contributed by atoms with Gasteiger partial charge in [0.2, 0.25) is 0 Å². The molecule has 0 bridgehead atoms. The molecule has 0 saturated carbocycles. The number of hydrogen-bond donors (Lipinski definition) is 2. The maximum Gasteiger partial charge on any atom is 0.0738 e. The SMILES string of the molecule is CCC(OC)C(Cc1nn(CC)c2ccccc12)NN. The minimum absolute atomic E-state index is 0.0635. The Kier molecular flexibility index (Phi) is 5.11. The van der Waals surface area contributed by atoms with Crippen LogP contribution in [0.3, 0.4) is 0 Å². The van der Waals surface area contributed by atoms with Gasteiger partial charge in [0.1, 0.15) is 0 Å². The van der Waals surface area contributed by atoms with Crippen LogP contribution in [-0.4, -0.2) is 29.0 Å². The zero-order valence-electron chi connectivity index (χ0n) is 12.5. The zero-order valence-corrected chi connectivity index (χ0v) is 12.5. The third-order valence-corrected chi connectivity index (χ3v) is 3.82. The van der Waals surface area contributed by atoms with Gasteiger partial charge in [-0.25, -0.2) is 0 Å². The Morgan fingerprint density at radius 2 is 2.10 bits per heavy atom. The molecule has 3 N–H and O–H groups in total. The Morgan fingerprint density at radius 1 is 1.35 bits per heavy atom. The van der Waals surface area contributed by atoms with Crippen LogP contribution in [0.1, 0.15) is 26.0 Å². The van der Waals surface area contributed by atoms with Crippen molar-refractivity contribution in [3.63, 3.8) is 0 Å². The summed E-state index contributed by atoms with van der Waals surface area (Å²) in [6.45, 7) is 5.07. The molecule has 2 rings (SSSR count). The van der Waals surface area contributed by atoms with Crippen LogP contribution < -0.4 is 11.3 Å². The van der Waals surface area contributed by atoms with Gasteiger partial charge in [0, 0.05) is 25.5 Å². The van der Waals surface area contributed by atoms with E-state index in [1.807, 2.05) is 16.8 Å². The number of nitrogens with one attached hydrogen (secondary N) is 1. The first-order chi connectivity index (χ1) is 9.74. The smallest absolute Gasteiger partial charge is 0.0738 e. The highest BCUT2D eigenvalue weighted by atomic mass is 16.5. The Hall–Kier alpha value is -1.43. The zero-order chi connectivity index (χ0) is 14.5. The number of aryl methyl sites for hydroxylation is 1. The summed E-state index contributed by atoms with van der Waals surface area (Å²) in [4.78, 5) is 0. The van der Waals surface area contributed by atoms with Crippen molar-refractivity contribution in [2.24, 2.45) is 5.84 Å². The van der Waals surface area contributed by atoms with E-state index in [9.17, 15) is 0 Å². The molecule has 2 atom stereocenters. The average Bonchev–Trinajstić information content (AvgIpc) is 2.85. The molecule has 2 unspecified atom stereocenters. The van der Waals surface area contributed by atoms with Crippen LogP contribution in [0.2, 0.25) is 0 Å². The summed E-state index contributed by atoms with van der Waals surface area (Å²) in [5, 5.41) is 5.91. The Balaban J connectivity index is 2.33.